The van der Waals surface area contributed by atoms with Crippen molar-refractivity contribution in [2.24, 2.45) is 5.92 Å². The van der Waals surface area contributed by atoms with E-state index >= 15 is 0 Å². The van der Waals surface area contributed by atoms with E-state index in [-0.39, 0.29) is 30.4 Å². The summed E-state index contributed by atoms with van der Waals surface area (Å²) in [6.07, 6.45) is 4.39. The molecule has 5 rings (SSSR count). The SMILES string of the molecule is O=C(c1ccccn1)N1CC2(C1)[C@H](c1ccccc1)[C@@H](CO)N2C(=O)CC1CC1. The summed E-state index contributed by atoms with van der Waals surface area (Å²) in [6, 6.07) is 15.1. The van der Waals surface area contributed by atoms with E-state index in [0.717, 1.165) is 18.4 Å². The van der Waals surface area contributed by atoms with Gasteiger partial charge in [-0.05, 0) is 36.5 Å². The maximum absolute atomic E-state index is 13.1. The smallest absolute Gasteiger partial charge is 0.272 e. The van der Waals surface area contributed by atoms with Crippen molar-refractivity contribution in [3.8, 4) is 0 Å². The normalized spacial score (nSPS) is 24.7. The number of pyridine rings is 1. The average Bonchev–Trinajstić information content (AvgIpc) is 3.51. The lowest BCUT2D eigenvalue weighted by molar-refractivity contribution is -0.194. The van der Waals surface area contributed by atoms with E-state index in [1.54, 1.807) is 29.3 Å². The number of benzene rings is 1. The zero-order valence-corrected chi connectivity index (χ0v) is 16.3. The molecule has 150 valence electrons. The molecule has 0 bridgehead atoms. The topological polar surface area (TPSA) is 73.7 Å². The summed E-state index contributed by atoms with van der Waals surface area (Å²) < 4.78 is 0. The van der Waals surface area contributed by atoms with Gasteiger partial charge in [0.05, 0.1) is 18.2 Å². The molecule has 1 aromatic carbocycles. The summed E-state index contributed by atoms with van der Waals surface area (Å²) in [7, 11) is 0. The van der Waals surface area contributed by atoms with E-state index in [1.807, 2.05) is 23.1 Å². The van der Waals surface area contributed by atoms with Gasteiger partial charge in [-0.15, -0.1) is 0 Å². The van der Waals surface area contributed by atoms with Crippen LogP contribution >= 0.6 is 0 Å². The molecule has 3 fully saturated rings. The van der Waals surface area contributed by atoms with Crippen LogP contribution in [0.5, 0.6) is 0 Å². The van der Waals surface area contributed by atoms with E-state index in [4.69, 9.17) is 0 Å². The first-order valence-corrected chi connectivity index (χ1v) is 10.3. The summed E-state index contributed by atoms with van der Waals surface area (Å²) in [6.45, 7) is 0.898. The summed E-state index contributed by atoms with van der Waals surface area (Å²) in [4.78, 5) is 33.7. The molecule has 1 N–H and O–H groups in total. The third-order valence-corrected chi connectivity index (χ3v) is 6.65. The standard InChI is InChI=1S/C23H25N3O3/c27-13-19-21(17-6-2-1-3-7-17)23(26(19)20(28)12-16-9-10-16)14-25(15-23)22(29)18-8-4-5-11-24-18/h1-8,11,16,19,21,27H,9-10,12-15H2/t19-,21-/m1/s1. The van der Waals surface area contributed by atoms with Gasteiger partial charge in [0.1, 0.15) is 5.69 Å². The molecule has 3 aliphatic rings. The van der Waals surface area contributed by atoms with Crippen LogP contribution in [0.15, 0.2) is 54.7 Å². The highest BCUT2D eigenvalue weighted by atomic mass is 16.3. The number of nitrogens with zero attached hydrogens (tertiary/aromatic N) is 3. The Morgan fingerprint density at radius 3 is 2.41 bits per heavy atom. The highest BCUT2D eigenvalue weighted by Crippen LogP contribution is 2.54. The zero-order chi connectivity index (χ0) is 20.0. The van der Waals surface area contributed by atoms with Crippen molar-refractivity contribution in [2.75, 3.05) is 19.7 Å². The molecule has 0 unspecified atom stereocenters. The molecule has 1 saturated carbocycles. The van der Waals surface area contributed by atoms with Crippen LogP contribution in [0.4, 0.5) is 0 Å². The molecule has 6 heteroatoms. The van der Waals surface area contributed by atoms with Gasteiger partial charge in [0.15, 0.2) is 0 Å². The van der Waals surface area contributed by atoms with Crippen LogP contribution in [0.1, 0.15) is 41.2 Å². The molecule has 1 aliphatic carbocycles. The molecule has 1 aromatic heterocycles. The van der Waals surface area contributed by atoms with Crippen LogP contribution < -0.4 is 0 Å². The molecular formula is C23H25N3O3. The van der Waals surface area contributed by atoms with Crippen molar-refractivity contribution in [3.63, 3.8) is 0 Å². The predicted molar refractivity (Wildman–Crippen MR) is 107 cm³/mol. The molecule has 29 heavy (non-hydrogen) atoms. The Labute approximate surface area is 170 Å². The van der Waals surface area contributed by atoms with Crippen LogP contribution in [0, 0.1) is 5.92 Å². The van der Waals surface area contributed by atoms with Gasteiger partial charge in [0.25, 0.3) is 5.91 Å². The van der Waals surface area contributed by atoms with Crippen molar-refractivity contribution in [3.05, 3.63) is 66.0 Å². The first-order chi connectivity index (χ1) is 14.1. The fourth-order valence-corrected chi connectivity index (χ4v) is 5.14. The van der Waals surface area contributed by atoms with Gasteiger partial charge in [0, 0.05) is 31.6 Å². The number of aromatic nitrogens is 1. The van der Waals surface area contributed by atoms with Crippen LogP contribution in [-0.4, -0.2) is 63.0 Å². The first kappa shape index (κ1) is 18.3. The van der Waals surface area contributed by atoms with Crippen LogP contribution in [-0.2, 0) is 4.79 Å². The molecule has 1 spiro atoms. The number of carbonyl (C=O) groups is 2. The Balaban J connectivity index is 1.42. The molecule has 2 amide bonds. The average molecular weight is 391 g/mol. The fourth-order valence-electron chi connectivity index (χ4n) is 5.14. The number of carbonyl (C=O) groups excluding carboxylic acids is 2. The third kappa shape index (κ3) is 2.94. The molecule has 0 radical (unpaired) electrons. The molecule has 3 heterocycles. The molecule has 2 aromatic rings. The fraction of sp³-hybridized carbons (Fsp3) is 0.435. The number of amides is 2. The van der Waals surface area contributed by atoms with Crippen LogP contribution in [0.2, 0.25) is 0 Å². The first-order valence-electron chi connectivity index (χ1n) is 10.3. The minimum atomic E-state index is -0.425. The molecular weight excluding hydrogens is 366 g/mol. The number of hydrogen-bond donors (Lipinski definition) is 1. The van der Waals surface area contributed by atoms with E-state index < -0.39 is 5.54 Å². The number of rotatable bonds is 5. The lowest BCUT2D eigenvalue weighted by atomic mass is 9.60. The molecule has 2 aliphatic heterocycles. The minimum absolute atomic E-state index is 0.0321. The Hall–Kier alpha value is -2.73. The Kier molecular flexibility index (Phi) is 4.39. The number of aliphatic hydroxyl groups is 1. The van der Waals surface area contributed by atoms with Crippen molar-refractivity contribution < 1.29 is 14.7 Å². The van der Waals surface area contributed by atoms with Crippen LogP contribution in [0.3, 0.4) is 0 Å². The van der Waals surface area contributed by atoms with Gasteiger partial charge >= 0.3 is 0 Å². The van der Waals surface area contributed by atoms with Crippen molar-refractivity contribution in [1.29, 1.82) is 0 Å². The summed E-state index contributed by atoms with van der Waals surface area (Å²) in [5, 5.41) is 10.1. The lowest BCUT2D eigenvalue weighted by Crippen LogP contribution is -2.86. The van der Waals surface area contributed by atoms with Crippen LogP contribution in [0.25, 0.3) is 0 Å². The largest absolute Gasteiger partial charge is 0.394 e. The maximum atomic E-state index is 13.1. The van der Waals surface area contributed by atoms with Crippen molar-refractivity contribution in [1.82, 2.24) is 14.8 Å². The third-order valence-electron chi connectivity index (χ3n) is 6.65. The van der Waals surface area contributed by atoms with Gasteiger partial charge < -0.3 is 14.9 Å². The monoisotopic (exact) mass is 391 g/mol. The van der Waals surface area contributed by atoms with Gasteiger partial charge in [-0.1, -0.05) is 36.4 Å². The van der Waals surface area contributed by atoms with Crippen molar-refractivity contribution in [2.45, 2.75) is 36.8 Å². The number of likely N-dealkylation sites (tertiary alicyclic amines) is 2. The minimum Gasteiger partial charge on any atom is -0.394 e. The molecule has 2 saturated heterocycles. The second kappa shape index (κ2) is 6.95. The van der Waals surface area contributed by atoms with Gasteiger partial charge in [-0.2, -0.15) is 0 Å². The molecule has 6 nitrogen and oxygen atoms in total. The van der Waals surface area contributed by atoms with E-state index in [9.17, 15) is 14.7 Å². The zero-order valence-electron chi connectivity index (χ0n) is 16.3. The van der Waals surface area contributed by atoms with Gasteiger partial charge in [-0.25, -0.2) is 0 Å². The van der Waals surface area contributed by atoms with Gasteiger partial charge in [0.2, 0.25) is 5.91 Å². The predicted octanol–water partition coefficient (Wildman–Crippen LogP) is 2.06. The summed E-state index contributed by atoms with van der Waals surface area (Å²) in [5.74, 6) is 0.527. The Morgan fingerprint density at radius 2 is 1.79 bits per heavy atom. The van der Waals surface area contributed by atoms with E-state index in [1.165, 1.54) is 0 Å². The second-order valence-electron chi connectivity index (χ2n) is 8.53. The van der Waals surface area contributed by atoms with Crippen molar-refractivity contribution >= 4 is 11.8 Å². The number of hydrogen-bond acceptors (Lipinski definition) is 4. The second-order valence-corrected chi connectivity index (χ2v) is 8.53. The molecule has 2 atom stereocenters. The highest BCUT2D eigenvalue weighted by molar-refractivity contribution is 5.93. The summed E-state index contributed by atoms with van der Waals surface area (Å²) >= 11 is 0. The highest BCUT2D eigenvalue weighted by Gasteiger charge is 2.68. The lowest BCUT2D eigenvalue weighted by Gasteiger charge is -2.70. The Bertz CT molecular complexity index is 907. The summed E-state index contributed by atoms with van der Waals surface area (Å²) in [5.41, 5.74) is 1.12. The number of aliphatic hydroxyl groups excluding tert-OH is 1. The maximum Gasteiger partial charge on any atom is 0.272 e. The van der Waals surface area contributed by atoms with E-state index in [0.29, 0.717) is 31.1 Å². The quantitative estimate of drug-likeness (QED) is 0.847. The van der Waals surface area contributed by atoms with E-state index in [2.05, 4.69) is 17.1 Å². The Morgan fingerprint density at radius 1 is 1.07 bits per heavy atom. The van der Waals surface area contributed by atoms with Gasteiger partial charge in [-0.3, -0.25) is 14.6 Å².